The fraction of sp³-hybridized carbons (Fsp3) is 0.364. The van der Waals surface area contributed by atoms with Crippen LogP contribution in [0, 0.1) is 13.8 Å². The van der Waals surface area contributed by atoms with Crippen LogP contribution in [-0.4, -0.2) is 28.0 Å². The Morgan fingerprint density at radius 3 is 2.50 bits per heavy atom. The number of carboxylic acids is 1. The van der Waals surface area contributed by atoms with E-state index >= 15 is 0 Å². The maximum atomic E-state index is 11.7. The number of rotatable bonds is 3. The molecule has 1 rings (SSSR count). The highest BCUT2D eigenvalue weighted by atomic mass is 16.4. The van der Waals surface area contributed by atoms with E-state index < -0.39 is 17.9 Å². The number of pyridine rings is 1. The molecule has 1 aromatic rings. The van der Waals surface area contributed by atoms with Gasteiger partial charge in [0, 0.05) is 5.69 Å². The van der Waals surface area contributed by atoms with Crippen LogP contribution < -0.4 is 5.32 Å². The summed E-state index contributed by atoms with van der Waals surface area (Å²) >= 11 is 0. The standard InChI is InChI=1S/C11H14N2O3/c1-6-4-5-9(7(2)12-6)10(14)13-8(3)11(15)16/h4-5,8H,1-3H3,(H,13,14)(H,15,16)/t8-/m0/s1. The Labute approximate surface area is 93.5 Å². The molecule has 5 nitrogen and oxygen atoms in total. The summed E-state index contributed by atoms with van der Waals surface area (Å²) < 4.78 is 0. The minimum Gasteiger partial charge on any atom is -0.480 e. The van der Waals surface area contributed by atoms with Crippen LogP contribution in [0.2, 0.25) is 0 Å². The number of amides is 1. The van der Waals surface area contributed by atoms with Crippen molar-refractivity contribution >= 4 is 11.9 Å². The first-order valence-corrected chi connectivity index (χ1v) is 4.89. The van der Waals surface area contributed by atoms with Gasteiger partial charge in [-0.15, -0.1) is 0 Å². The van der Waals surface area contributed by atoms with E-state index in [-0.39, 0.29) is 0 Å². The summed E-state index contributed by atoms with van der Waals surface area (Å²) in [5.41, 5.74) is 1.81. The lowest BCUT2D eigenvalue weighted by molar-refractivity contribution is -0.138. The Kier molecular flexibility index (Phi) is 3.60. The highest BCUT2D eigenvalue weighted by molar-refractivity contribution is 5.97. The molecule has 0 saturated carbocycles. The number of carboxylic acid groups (broad SMARTS) is 1. The summed E-state index contributed by atoms with van der Waals surface area (Å²) in [6, 6.07) is 2.45. The highest BCUT2D eigenvalue weighted by Gasteiger charge is 2.16. The zero-order valence-electron chi connectivity index (χ0n) is 9.44. The predicted molar refractivity (Wildman–Crippen MR) is 58.3 cm³/mol. The lowest BCUT2D eigenvalue weighted by Crippen LogP contribution is -2.38. The molecule has 0 radical (unpaired) electrons. The van der Waals surface area contributed by atoms with Crippen LogP contribution in [0.1, 0.15) is 28.7 Å². The third kappa shape index (κ3) is 2.79. The topological polar surface area (TPSA) is 79.3 Å². The van der Waals surface area contributed by atoms with Gasteiger partial charge in [-0.3, -0.25) is 14.6 Å². The van der Waals surface area contributed by atoms with Gasteiger partial charge in [0.2, 0.25) is 0 Å². The number of nitrogens with one attached hydrogen (secondary N) is 1. The van der Waals surface area contributed by atoms with Gasteiger partial charge in [-0.05, 0) is 32.9 Å². The number of aromatic nitrogens is 1. The second kappa shape index (κ2) is 4.74. The first-order chi connectivity index (χ1) is 7.41. The third-order valence-electron chi connectivity index (χ3n) is 2.19. The summed E-state index contributed by atoms with van der Waals surface area (Å²) in [5.74, 6) is -1.48. The van der Waals surface area contributed by atoms with Crippen LogP contribution in [0.5, 0.6) is 0 Å². The molecule has 0 aliphatic heterocycles. The lowest BCUT2D eigenvalue weighted by atomic mass is 10.1. The Morgan fingerprint density at radius 1 is 1.38 bits per heavy atom. The van der Waals surface area contributed by atoms with Gasteiger partial charge in [0.15, 0.2) is 0 Å². The first kappa shape index (κ1) is 12.2. The molecule has 1 aromatic heterocycles. The molecule has 0 aromatic carbocycles. The van der Waals surface area contributed by atoms with Crippen molar-refractivity contribution < 1.29 is 14.7 Å². The molecule has 16 heavy (non-hydrogen) atoms. The molecule has 0 unspecified atom stereocenters. The summed E-state index contributed by atoms with van der Waals surface area (Å²) in [6.07, 6.45) is 0. The van der Waals surface area contributed by atoms with Crippen LogP contribution in [0.25, 0.3) is 0 Å². The van der Waals surface area contributed by atoms with E-state index in [2.05, 4.69) is 10.3 Å². The monoisotopic (exact) mass is 222 g/mol. The van der Waals surface area contributed by atoms with Gasteiger partial charge in [0.25, 0.3) is 5.91 Å². The fourth-order valence-corrected chi connectivity index (χ4v) is 1.26. The van der Waals surface area contributed by atoms with E-state index in [0.717, 1.165) is 5.69 Å². The number of hydrogen-bond donors (Lipinski definition) is 2. The van der Waals surface area contributed by atoms with Crippen molar-refractivity contribution in [3.63, 3.8) is 0 Å². The van der Waals surface area contributed by atoms with Gasteiger partial charge < -0.3 is 10.4 Å². The summed E-state index contributed by atoms with van der Waals surface area (Å²) in [7, 11) is 0. The molecule has 86 valence electrons. The molecule has 0 aliphatic rings. The number of nitrogens with zero attached hydrogens (tertiary/aromatic N) is 1. The van der Waals surface area contributed by atoms with Crippen molar-refractivity contribution in [1.29, 1.82) is 0 Å². The molecule has 0 spiro atoms. The second-order valence-electron chi connectivity index (χ2n) is 3.62. The number of hydrogen-bond acceptors (Lipinski definition) is 3. The zero-order valence-corrected chi connectivity index (χ0v) is 9.44. The lowest BCUT2D eigenvalue weighted by Gasteiger charge is -2.10. The zero-order chi connectivity index (χ0) is 12.3. The Balaban J connectivity index is 2.85. The van der Waals surface area contributed by atoms with Crippen molar-refractivity contribution in [3.8, 4) is 0 Å². The van der Waals surface area contributed by atoms with Crippen LogP contribution in [-0.2, 0) is 4.79 Å². The van der Waals surface area contributed by atoms with E-state index in [0.29, 0.717) is 11.3 Å². The molecular weight excluding hydrogens is 208 g/mol. The van der Waals surface area contributed by atoms with E-state index in [9.17, 15) is 9.59 Å². The van der Waals surface area contributed by atoms with Crippen molar-refractivity contribution in [2.24, 2.45) is 0 Å². The van der Waals surface area contributed by atoms with E-state index in [1.807, 2.05) is 6.92 Å². The maximum Gasteiger partial charge on any atom is 0.325 e. The van der Waals surface area contributed by atoms with Gasteiger partial charge >= 0.3 is 5.97 Å². The quantitative estimate of drug-likeness (QED) is 0.796. The summed E-state index contributed by atoms with van der Waals surface area (Å²) in [5, 5.41) is 11.0. The molecule has 1 atom stereocenters. The average molecular weight is 222 g/mol. The highest BCUT2D eigenvalue weighted by Crippen LogP contribution is 2.06. The molecule has 1 heterocycles. The van der Waals surface area contributed by atoms with Gasteiger partial charge in [-0.1, -0.05) is 0 Å². The number of aliphatic carboxylic acids is 1. The second-order valence-corrected chi connectivity index (χ2v) is 3.62. The van der Waals surface area contributed by atoms with Crippen molar-refractivity contribution in [3.05, 3.63) is 29.1 Å². The van der Waals surface area contributed by atoms with Crippen LogP contribution in [0.4, 0.5) is 0 Å². The summed E-state index contributed by atoms with van der Waals surface area (Å²) in [6.45, 7) is 4.96. The Morgan fingerprint density at radius 2 is 2.00 bits per heavy atom. The Bertz CT molecular complexity index is 429. The summed E-state index contributed by atoms with van der Waals surface area (Å²) in [4.78, 5) is 26.4. The molecule has 0 fully saturated rings. The minimum atomic E-state index is -1.06. The minimum absolute atomic E-state index is 0.402. The van der Waals surface area contributed by atoms with Crippen LogP contribution in [0.3, 0.4) is 0 Å². The largest absolute Gasteiger partial charge is 0.480 e. The first-order valence-electron chi connectivity index (χ1n) is 4.89. The SMILES string of the molecule is Cc1ccc(C(=O)N[C@@H](C)C(=O)O)c(C)n1. The molecule has 5 heteroatoms. The molecule has 0 aliphatic carbocycles. The van der Waals surface area contributed by atoms with Gasteiger partial charge in [-0.25, -0.2) is 0 Å². The van der Waals surface area contributed by atoms with Gasteiger partial charge in [-0.2, -0.15) is 0 Å². The van der Waals surface area contributed by atoms with Crippen molar-refractivity contribution in [1.82, 2.24) is 10.3 Å². The predicted octanol–water partition coefficient (Wildman–Crippen LogP) is 0.901. The van der Waals surface area contributed by atoms with E-state index in [1.54, 1.807) is 19.1 Å². The van der Waals surface area contributed by atoms with E-state index in [1.165, 1.54) is 6.92 Å². The molecule has 0 bridgehead atoms. The fourth-order valence-electron chi connectivity index (χ4n) is 1.26. The van der Waals surface area contributed by atoms with Gasteiger partial charge in [0.05, 0.1) is 11.3 Å². The molecular formula is C11H14N2O3. The van der Waals surface area contributed by atoms with Gasteiger partial charge in [0.1, 0.15) is 6.04 Å². The molecule has 2 N–H and O–H groups in total. The van der Waals surface area contributed by atoms with E-state index in [4.69, 9.17) is 5.11 Å². The molecule has 0 saturated heterocycles. The maximum absolute atomic E-state index is 11.7. The number of aryl methyl sites for hydroxylation is 2. The smallest absolute Gasteiger partial charge is 0.325 e. The Hall–Kier alpha value is -1.91. The average Bonchev–Trinajstić information content (AvgIpc) is 2.16. The third-order valence-corrected chi connectivity index (χ3v) is 2.19. The van der Waals surface area contributed by atoms with Crippen LogP contribution in [0.15, 0.2) is 12.1 Å². The molecule has 1 amide bonds. The van der Waals surface area contributed by atoms with Crippen molar-refractivity contribution in [2.45, 2.75) is 26.8 Å². The number of carbonyl (C=O) groups is 2. The van der Waals surface area contributed by atoms with Crippen LogP contribution >= 0.6 is 0 Å². The number of carbonyl (C=O) groups excluding carboxylic acids is 1. The van der Waals surface area contributed by atoms with Crippen molar-refractivity contribution in [2.75, 3.05) is 0 Å². The normalized spacial score (nSPS) is 11.9.